The minimum Gasteiger partial charge on any atom is -0.497 e. The second-order valence-electron chi connectivity index (χ2n) is 5.07. The molecule has 0 bridgehead atoms. The van der Waals surface area contributed by atoms with Gasteiger partial charge < -0.3 is 19.7 Å². The van der Waals surface area contributed by atoms with Gasteiger partial charge in [-0.05, 0) is 31.2 Å². The van der Waals surface area contributed by atoms with E-state index < -0.39 is 0 Å². The van der Waals surface area contributed by atoms with Crippen molar-refractivity contribution in [1.82, 2.24) is 10.2 Å². The second-order valence-corrected chi connectivity index (χ2v) is 5.07. The van der Waals surface area contributed by atoms with E-state index in [-0.39, 0.29) is 0 Å². The lowest BCUT2D eigenvalue weighted by atomic mass is 10.2. The van der Waals surface area contributed by atoms with Crippen molar-refractivity contribution in [1.29, 1.82) is 0 Å². The molecular formula is C15H24N2O2. The van der Waals surface area contributed by atoms with E-state index in [2.05, 4.69) is 29.4 Å². The van der Waals surface area contributed by atoms with Crippen molar-refractivity contribution in [2.45, 2.75) is 19.1 Å². The molecule has 1 unspecified atom stereocenters. The average Bonchev–Trinajstić information content (AvgIpc) is 2.46. The van der Waals surface area contributed by atoms with Crippen LogP contribution < -0.4 is 10.1 Å². The number of nitrogens with zero attached hydrogens (tertiary/aromatic N) is 1. The molecule has 1 N–H and O–H groups in total. The van der Waals surface area contributed by atoms with Gasteiger partial charge in [0.05, 0.1) is 19.8 Å². The molecule has 1 aromatic rings. The first kappa shape index (κ1) is 14.3. The van der Waals surface area contributed by atoms with Crippen LogP contribution in [0.1, 0.15) is 12.0 Å². The molecule has 4 heteroatoms. The molecular weight excluding hydrogens is 240 g/mol. The van der Waals surface area contributed by atoms with E-state index in [1.165, 1.54) is 5.56 Å². The minimum absolute atomic E-state index is 0.363. The topological polar surface area (TPSA) is 33.7 Å². The molecule has 1 fully saturated rings. The molecule has 1 aromatic carbocycles. The molecule has 1 atom stereocenters. The van der Waals surface area contributed by atoms with Crippen LogP contribution in [0.25, 0.3) is 0 Å². The third kappa shape index (κ3) is 4.82. The monoisotopic (exact) mass is 264 g/mol. The summed E-state index contributed by atoms with van der Waals surface area (Å²) in [6.07, 6.45) is 1.44. The molecule has 0 aromatic heterocycles. The zero-order chi connectivity index (χ0) is 13.5. The highest BCUT2D eigenvalue weighted by Gasteiger charge is 2.13. The summed E-state index contributed by atoms with van der Waals surface area (Å²) in [6.45, 7) is 4.79. The fraction of sp³-hybridized carbons (Fsp3) is 0.600. The fourth-order valence-corrected chi connectivity index (χ4v) is 2.33. The van der Waals surface area contributed by atoms with E-state index in [9.17, 15) is 0 Å². The molecule has 0 radical (unpaired) electrons. The number of hydrogen-bond acceptors (Lipinski definition) is 4. The number of morpholine rings is 1. The smallest absolute Gasteiger partial charge is 0.119 e. The Morgan fingerprint density at radius 2 is 2.37 bits per heavy atom. The molecule has 19 heavy (non-hydrogen) atoms. The summed E-state index contributed by atoms with van der Waals surface area (Å²) in [5.74, 6) is 0.922. The number of benzene rings is 1. The first-order chi connectivity index (χ1) is 9.28. The van der Waals surface area contributed by atoms with Gasteiger partial charge in [-0.25, -0.2) is 0 Å². The Bertz CT molecular complexity index is 378. The van der Waals surface area contributed by atoms with E-state index in [0.717, 1.165) is 45.0 Å². The first-order valence-corrected chi connectivity index (χ1v) is 6.91. The van der Waals surface area contributed by atoms with Crippen LogP contribution in [0.4, 0.5) is 0 Å². The Morgan fingerprint density at radius 3 is 3.11 bits per heavy atom. The van der Waals surface area contributed by atoms with E-state index >= 15 is 0 Å². The summed E-state index contributed by atoms with van der Waals surface area (Å²) in [6, 6.07) is 8.24. The van der Waals surface area contributed by atoms with E-state index in [1.807, 2.05) is 12.1 Å². The van der Waals surface area contributed by atoms with Crippen molar-refractivity contribution in [3.63, 3.8) is 0 Å². The second kappa shape index (κ2) is 7.48. The maximum atomic E-state index is 5.71. The number of hydrogen-bond donors (Lipinski definition) is 1. The summed E-state index contributed by atoms with van der Waals surface area (Å²) in [7, 11) is 3.85. The molecule has 1 aliphatic heterocycles. The molecule has 0 amide bonds. The quantitative estimate of drug-likeness (QED) is 0.844. The standard InChI is InChI=1S/C15H24N2O2/c1-17(8-6-15-11-16-7-9-19-15)12-13-4-3-5-14(10-13)18-2/h3-5,10,15-16H,6-9,11-12H2,1-2H3. The van der Waals surface area contributed by atoms with Crippen LogP contribution in [-0.4, -0.2) is 51.4 Å². The van der Waals surface area contributed by atoms with Gasteiger partial charge in [-0.15, -0.1) is 0 Å². The minimum atomic E-state index is 0.363. The van der Waals surface area contributed by atoms with Gasteiger partial charge in [-0.2, -0.15) is 0 Å². The maximum Gasteiger partial charge on any atom is 0.119 e. The van der Waals surface area contributed by atoms with Crippen molar-refractivity contribution in [3.8, 4) is 5.75 Å². The fourth-order valence-electron chi connectivity index (χ4n) is 2.33. The highest BCUT2D eigenvalue weighted by Crippen LogP contribution is 2.14. The number of nitrogens with one attached hydrogen (secondary N) is 1. The molecule has 106 valence electrons. The van der Waals surface area contributed by atoms with E-state index in [0.29, 0.717) is 6.10 Å². The lowest BCUT2D eigenvalue weighted by Crippen LogP contribution is -2.40. The average molecular weight is 264 g/mol. The van der Waals surface area contributed by atoms with Crippen LogP contribution in [0.3, 0.4) is 0 Å². The largest absolute Gasteiger partial charge is 0.497 e. The Labute approximate surface area is 115 Å². The summed E-state index contributed by atoms with van der Waals surface area (Å²) in [5, 5.41) is 3.36. The zero-order valence-corrected chi connectivity index (χ0v) is 11.9. The van der Waals surface area contributed by atoms with Gasteiger partial charge >= 0.3 is 0 Å². The Kier molecular flexibility index (Phi) is 5.63. The lowest BCUT2D eigenvalue weighted by molar-refractivity contribution is 0.0184. The SMILES string of the molecule is COc1cccc(CN(C)CCC2CNCCO2)c1. The summed E-state index contributed by atoms with van der Waals surface area (Å²) < 4.78 is 11.0. The van der Waals surface area contributed by atoms with Crippen LogP contribution >= 0.6 is 0 Å². The highest BCUT2D eigenvalue weighted by atomic mass is 16.5. The Balaban J connectivity index is 1.75. The van der Waals surface area contributed by atoms with Crippen molar-refractivity contribution in [2.24, 2.45) is 0 Å². The van der Waals surface area contributed by atoms with E-state index in [4.69, 9.17) is 9.47 Å². The van der Waals surface area contributed by atoms with Crippen LogP contribution in [-0.2, 0) is 11.3 Å². The predicted octanol–water partition coefficient (Wildman–Crippen LogP) is 1.51. The van der Waals surface area contributed by atoms with Crippen molar-refractivity contribution in [2.75, 3.05) is 40.4 Å². The molecule has 2 rings (SSSR count). The zero-order valence-electron chi connectivity index (χ0n) is 11.9. The maximum absolute atomic E-state index is 5.71. The molecule has 1 aliphatic rings. The molecule has 0 aliphatic carbocycles. The van der Waals surface area contributed by atoms with Crippen molar-refractivity contribution < 1.29 is 9.47 Å². The van der Waals surface area contributed by atoms with Crippen LogP contribution in [0.5, 0.6) is 5.75 Å². The van der Waals surface area contributed by atoms with Gasteiger partial charge in [-0.1, -0.05) is 12.1 Å². The molecule has 1 saturated heterocycles. The Morgan fingerprint density at radius 1 is 1.47 bits per heavy atom. The first-order valence-electron chi connectivity index (χ1n) is 6.91. The van der Waals surface area contributed by atoms with Crippen LogP contribution in [0.15, 0.2) is 24.3 Å². The van der Waals surface area contributed by atoms with Crippen molar-refractivity contribution >= 4 is 0 Å². The summed E-state index contributed by atoms with van der Waals surface area (Å²) in [4.78, 5) is 2.33. The predicted molar refractivity (Wildman–Crippen MR) is 76.6 cm³/mol. The lowest BCUT2D eigenvalue weighted by Gasteiger charge is -2.26. The molecule has 4 nitrogen and oxygen atoms in total. The van der Waals surface area contributed by atoms with Gasteiger partial charge in [0.25, 0.3) is 0 Å². The molecule has 1 heterocycles. The van der Waals surface area contributed by atoms with E-state index in [1.54, 1.807) is 7.11 Å². The number of methoxy groups -OCH3 is 1. The Hall–Kier alpha value is -1.10. The summed E-state index contributed by atoms with van der Waals surface area (Å²) >= 11 is 0. The number of rotatable bonds is 6. The van der Waals surface area contributed by atoms with Gasteiger partial charge in [0.2, 0.25) is 0 Å². The van der Waals surface area contributed by atoms with Crippen molar-refractivity contribution in [3.05, 3.63) is 29.8 Å². The third-order valence-electron chi connectivity index (χ3n) is 3.42. The van der Waals surface area contributed by atoms with Crippen LogP contribution in [0, 0.1) is 0 Å². The van der Waals surface area contributed by atoms with Gasteiger partial charge in [0.1, 0.15) is 5.75 Å². The third-order valence-corrected chi connectivity index (χ3v) is 3.42. The summed E-state index contributed by atoms with van der Waals surface area (Å²) in [5.41, 5.74) is 1.28. The molecule has 0 spiro atoms. The van der Waals surface area contributed by atoms with Crippen LogP contribution in [0.2, 0.25) is 0 Å². The normalized spacial score (nSPS) is 19.6. The number of ether oxygens (including phenoxy) is 2. The molecule has 0 saturated carbocycles. The van der Waals surface area contributed by atoms with Gasteiger partial charge in [0, 0.05) is 26.2 Å². The van der Waals surface area contributed by atoms with Gasteiger partial charge in [0.15, 0.2) is 0 Å². The highest BCUT2D eigenvalue weighted by molar-refractivity contribution is 5.28. The van der Waals surface area contributed by atoms with Gasteiger partial charge in [-0.3, -0.25) is 0 Å².